The smallest absolute Gasteiger partial charge is 0.249 e. The number of carbonyl (C=O) groups excluding carboxylic acids is 1. The van der Waals surface area contributed by atoms with Gasteiger partial charge in [-0.2, -0.15) is 5.26 Å². The number of benzene rings is 2. The summed E-state index contributed by atoms with van der Waals surface area (Å²) in [5.41, 5.74) is 2.30. The molecular formula is C23H20F2N4O2. The first-order valence-corrected chi connectivity index (χ1v) is 10.3. The molecule has 1 aliphatic heterocycles. The predicted molar refractivity (Wildman–Crippen MR) is 107 cm³/mol. The molecule has 1 aliphatic carbocycles. The number of rotatable bonds is 4. The minimum absolute atomic E-state index is 0.0981. The van der Waals surface area contributed by atoms with E-state index in [0.717, 1.165) is 18.4 Å². The van der Waals surface area contributed by atoms with Crippen LogP contribution in [0.3, 0.4) is 0 Å². The Morgan fingerprint density at radius 2 is 2.03 bits per heavy atom. The monoisotopic (exact) mass is 422 g/mol. The average molecular weight is 422 g/mol. The Kier molecular flexibility index (Phi) is 4.91. The summed E-state index contributed by atoms with van der Waals surface area (Å²) < 4.78 is 29.2. The fourth-order valence-electron chi connectivity index (χ4n) is 4.59. The second kappa shape index (κ2) is 7.75. The quantitative estimate of drug-likeness (QED) is 0.634. The molecule has 1 saturated carbocycles. The van der Waals surface area contributed by atoms with Gasteiger partial charge >= 0.3 is 0 Å². The van der Waals surface area contributed by atoms with E-state index in [9.17, 15) is 13.6 Å². The van der Waals surface area contributed by atoms with Crippen molar-refractivity contribution in [1.82, 2.24) is 14.6 Å². The van der Waals surface area contributed by atoms with Crippen LogP contribution in [0.4, 0.5) is 8.78 Å². The number of imidazole rings is 1. The van der Waals surface area contributed by atoms with Gasteiger partial charge in [0, 0.05) is 24.9 Å². The van der Waals surface area contributed by atoms with Gasteiger partial charge in [0.05, 0.1) is 41.6 Å². The van der Waals surface area contributed by atoms with Gasteiger partial charge in [-0.25, -0.2) is 18.8 Å². The highest BCUT2D eigenvalue weighted by Crippen LogP contribution is 2.40. The van der Waals surface area contributed by atoms with Gasteiger partial charge < -0.3 is 4.57 Å². The maximum absolute atomic E-state index is 13.9. The summed E-state index contributed by atoms with van der Waals surface area (Å²) in [4.78, 5) is 22.9. The van der Waals surface area contributed by atoms with E-state index in [2.05, 4.69) is 4.98 Å². The van der Waals surface area contributed by atoms with Crippen molar-refractivity contribution >= 4 is 16.9 Å². The molecule has 31 heavy (non-hydrogen) atoms. The molecule has 158 valence electrons. The van der Waals surface area contributed by atoms with Crippen LogP contribution in [0.25, 0.3) is 11.0 Å². The van der Waals surface area contributed by atoms with E-state index in [1.54, 1.807) is 18.5 Å². The first-order chi connectivity index (χ1) is 15.0. The Hall–Kier alpha value is -3.31. The molecule has 3 aromatic rings. The zero-order valence-electron chi connectivity index (χ0n) is 16.7. The molecule has 0 N–H and O–H groups in total. The lowest BCUT2D eigenvalue weighted by Crippen LogP contribution is -2.42. The Morgan fingerprint density at radius 3 is 2.84 bits per heavy atom. The van der Waals surface area contributed by atoms with Crippen LogP contribution in [-0.2, 0) is 16.2 Å². The maximum atomic E-state index is 13.9. The lowest BCUT2D eigenvalue weighted by Gasteiger charge is -2.37. The summed E-state index contributed by atoms with van der Waals surface area (Å²) in [5, 5.41) is 10.5. The van der Waals surface area contributed by atoms with E-state index in [0.29, 0.717) is 36.6 Å². The number of nitriles is 1. The number of amides is 1. The molecule has 1 saturated heterocycles. The van der Waals surface area contributed by atoms with Crippen molar-refractivity contribution in [3.8, 4) is 6.07 Å². The second-order valence-corrected chi connectivity index (χ2v) is 8.25. The average Bonchev–Trinajstić information content (AvgIpc) is 3.36. The predicted octanol–water partition coefficient (Wildman–Crippen LogP) is 4.12. The van der Waals surface area contributed by atoms with Crippen molar-refractivity contribution in [2.45, 2.75) is 31.8 Å². The lowest BCUT2D eigenvalue weighted by atomic mass is 9.74. The molecule has 1 atom stereocenters. The van der Waals surface area contributed by atoms with Crippen LogP contribution in [-0.4, -0.2) is 27.1 Å². The van der Waals surface area contributed by atoms with Crippen LogP contribution in [0.15, 0.2) is 42.7 Å². The van der Waals surface area contributed by atoms with Gasteiger partial charge in [0.2, 0.25) is 5.91 Å². The van der Waals surface area contributed by atoms with Crippen LogP contribution in [0.1, 0.15) is 36.4 Å². The third kappa shape index (κ3) is 3.66. The van der Waals surface area contributed by atoms with Gasteiger partial charge in [0.25, 0.3) is 0 Å². The minimum atomic E-state index is -0.496. The van der Waals surface area contributed by atoms with E-state index in [1.165, 1.54) is 29.3 Å². The van der Waals surface area contributed by atoms with Crippen LogP contribution >= 0.6 is 0 Å². The molecule has 0 unspecified atom stereocenters. The molecular weight excluding hydrogens is 402 g/mol. The molecule has 6 nitrogen and oxygen atoms in total. The number of hydroxylamine groups is 2. The zero-order chi connectivity index (χ0) is 21.5. The molecule has 5 rings (SSSR count). The van der Waals surface area contributed by atoms with E-state index in [1.807, 2.05) is 10.6 Å². The molecule has 0 radical (unpaired) electrons. The molecule has 2 heterocycles. The minimum Gasteiger partial charge on any atom is -0.330 e. The molecule has 0 spiro atoms. The number of hydrogen-bond donors (Lipinski definition) is 0. The van der Waals surface area contributed by atoms with Crippen molar-refractivity contribution in [3.05, 3.63) is 65.5 Å². The van der Waals surface area contributed by atoms with Gasteiger partial charge in [-0.05, 0) is 54.7 Å². The largest absolute Gasteiger partial charge is 0.330 e. The summed E-state index contributed by atoms with van der Waals surface area (Å²) in [6.07, 6.45) is 3.71. The van der Waals surface area contributed by atoms with Gasteiger partial charge in [-0.15, -0.1) is 0 Å². The maximum Gasteiger partial charge on any atom is 0.249 e. The first kappa shape index (κ1) is 19.6. The summed E-state index contributed by atoms with van der Waals surface area (Å²) in [7, 11) is 0. The number of halogens is 2. The van der Waals surface area contributed by atoms with E-state index >= 15 is 0 Å². The van der Waals surface area contributed by atoms with Crippen molar-refractivity contribution in [3.63, 3.8) is 0 Å². The third-order valence-electron chi connectivity index (χ3n) is 6.18. The van der Waals surface area contributed by atoms with Crippen molar-refractivity contribution in [1.29, 1.82) is 5.26 Å². The van der Waals surface area contributed by atoms with Gasteiger partial charge in [0.15, 0.2) is 0 Å². The van der Waals surface area contributed by atoms with Gasteiger partial charge in [0.1, 0.15) is 11.6 Å². The molecule has 1 amide bonds. The van der Waals surface area contributed by atoms with Crippen LogP contribution in [0.5, 0.6) is 0 Å². The Morgan fingerprint density at radius 1 is 1.19 bits per heavy atom. The van der Waals surface area contributed by atoms with E-state index in [-0.39, 0.29) is 29.2 Å². The number of aromatic nitrogens is 2. The SMILES string of the molecule is N#Cc1cc(F)cc([C@@H]2CCON2C(=O)[C@H]2C[C@H](Cn3cnc4cc(F)ccc43)C2)c1. The molecule has 2 aromatic carbocycles. The number of fused-ring (bicyclic) bond motifs is 1. The molecule has 2 aliphatic rings. The third-order valence-corrected chi connectivity index (χ3v) is 6.18. The second-order valence-electron chi connectivity index (χ2n) is 8.25. The summed E-state index contributed by atoms with van der Waals surface area (Å²) in [6, 6.07) is 10.3. The first-order valence-electron chi connectivity index (χ1n) is 10.3. The Labute approximate surface area is 177 Å². The lowest BCUT2D eigenvalue weighted by molar-refractivity contribution is -0.186. The van der Waals surface area contributed by atoms with Crippen molar-refractivity contribution in [2.24, 2.45) is 11.8 Å². The summed E-state index contributed by atoms with van der Waals surface area (Å²) >= 11 is 0. The molecule has 8 heteroatoms. The van der Waals surface area contributed by atoms with Gasteiger partial charge in [-0.3, -0.25) is 9.63 Å². The normalized spacial score (nSPS) is 23.0. The highest BCUT2D eigenvalue weighted by atomic mass is 19.1. The van der Waals surface area contributed by atoms with Crippen LogP contribution < -0.4 is 0 Å². The molecule has 0 bridgehead atoms. The van der Waals surface area contributed by atoms with Crippen molar-refractivity contribution in [2.75, 3.05) is 6.61 Å². The highest BCUT2D eigenvalue weighted by molar-refractivity contribution is 5.79. The Bertz CT molecular complexity index is 1200. The number of hydrogen-bond acceptors (Lipinski definition) is 4. The van der Waals surface area contributed by atoms with Crippen LogP contribution in [0.2, 0.25) is 0 Å². The fraction of sp³-hybridized carbons (Fsp3) is 0.348. The number of nitrogens with zero attached hydrogens (tertiary/aromatic N) is 4. The van der Waals surface area contributed by atoms with Crippen LogP contribution in [0, 0.1) is 34.8 Å². The number of carbonyl (C=O) groups is 1. The zero-order valence-corrected chi connectivity index (χ0v) is 16.7. The fourth-order valence-corrected chi connectivity index (χ4v) is 4.59. The molecule has 1 aromatic heterocycles. The summed E-state index contributed by atoms with van der Waals surface area (Å²) in [6.45, 7) is 1.09. The van der Waals surface area contributed by atoms with Crippen molar-refractivity contribution < 1.29 is 18.4 Å². The molecule has 2 fully saturated rings. The Balaban J connectivity index is 1.24. The standard InChI is InChI=1S/C23H20F2N4O2/c24-18-1-2-22-20(10-18)27-13-28(22)12-15-6-17(7-15)23(30)29-21(3-4-31-29)16-5-14(11-26)8-19(25)9-16/h1-2,5,8-10,13,15,17,21H,3-4,6-7,12H2/t15-,17-,21-/m0/s1. The summed E-state index contributed by atoms with van der Waals surface area (Å²) in [5.74, 6) is -0.741. The van der Waals surface area contributed by atoms with E-state index in [4.69, 9.17) is 10.1 Å². The topological polar surface area (TPSA) is 71.2 Å². The highest BCUT2D eigenvalue weighted by Gasteiger charge is 2.42. The van der Waals surface area contributed by atoms with E-state index < -0.39 is 5.82 Å². The van der Waals surface area contributed by atoms with Gasteiger partial charge in [-0.1, -0.05) is 0 Å².